The van der Waals surface area contributed by atoms with E-state index in [2.05, 4.69) is 9.97 Å². The van der Waals surface area contributed by atoms with Gasteiger partial charge in [0.1, 0.15) is 6.33 Å². The smallest absolute Gasteiger partial charge is 0.273 e. The van der Waals surface area contributed by atoms with Crippen molar-refractivity contribution in [2.45, 2.75) is 13.3 Å². The Morgan fingerprint density at radius 3 is 2.71 bits per heavy atom. The molecule has 0 amide bonds. The van der Waals surface area contributed by atoms with E-state index in [-0.39, 0.29) is 28.8 Å². The van der Waals surface area contributed by atoms with E-state index < -0.39 is 10.7 Å². The van der Waals surface area contributed by atoms with E-state index in [1.807, 2.05) is 0 Å². The highest BCUT2D eigenvalue weighted by Gasteiger charge is 2.17. The van der Waals surface area contributed by atoms with Gasteiger partial charge >= 0.3 is 0 Å². The van der Waals surface area contributed by atoms with Crippen molar-refractivity contribution in [3.8, 4) is 17.4 Å². The standard InChI is InChI=1S/C13H12FN3O4/c1-3-9-12(14)13(16-7-15-9)21-10-5-4-8(17(18)19)6-11(10)20-2/h4-7H,3H2,1-2H3. The van der Waals surface area contributed by atoms with E-state index in [0.717, 1.165) is 0 Å². The Morgan fingerprint density at radius 2 is 2.10 bits per heavy atom. The molecule has 7 nitrogen and oxygen atoms in total. The second kappa shape index (κ2) is 6.12. The van der Waals surface area contributed by atoms with E-state index in [0.29, 0.717) is 6.42 Å². The van der Waals surface area contributed by atoms with Crippen molar-refractivity contribution in [2.24, 2.45) is 0 Å². The lowest BCUT2D eigenvalue weighted by Crippen LogP contribution is -2.00. The third-order valence-corrected chi connectivity index (χ3v) is 2.73. The highest BCUT2D eigenvalue weighted by atomic mass is 19.1. The summed E-state index contributed by atoms with van der Waals surface area (Å²) in [5.41, 5.74) is 0.0671. The van der Waals surface area contributed by atoms with Crippen molar-refractivity contribution >= 4 is 5.69 Å². The molecule has 1 heterocycles. The fourth-order valence-corrected chi connectivity index (χ4v) is 1.66. The monoisotopic (exact) mass is 293 g/mol. The summed E-state index contributed by atoms with van der Waals surface area (Å²) in [6, 6.07) is 3.75. The van der Waals surface area contributed by atoms with Gasteiger partial charge in [0, 0.05) is 6.07 Å². The third kappa shape index (κ3) is 3.04. The van der Waals surface area contributed by atoms with Crippen molar-refractivity contribution in [2.75, 3.05) is 7.11 Å². The van der Waals surface area contributed by atoms with Gasteiger partial charge in [-0.3, -0.25) is 10.1 Å². The molecule has 0 aliphatic heterocycles. The Labute approximate surface area is 119 Å². The first kappa shape index (κ1) is 14.6. The van der Waals surface area contributed by atoms with Gasteiger partial charge in [-0.15, -0.1) is 0 Å². The number of nitro benzene ring substituents is 1. The molecule has 0 saturated carbocycles. The molecule has 21 heavy (non-hydrogen) atoms. The molecule has 0 atom stereocenters. The molecule has 0 aliphatic carbocycles. The molecule has 0 spiro atoms. The first-order valence-electron chi connectivity index (χ1n) is 6.06. The molecule has 0 fully saturated rings. The fraction of sp³-hybridized carbons (Fsp3) is 0.231. The summed E-state index contributed by atoms with van der Waals surface area (Å²) >= 11 is 0. The van der Waals surface area contributed by atoms with E-state index in [1.165, 1.54) is 31.6 Å². The highest BCUT2D eigenvalue weighted by Crippen LogP contribution is 2.34. The number of non-ortho nitro benzene ring substituents is 1. The lowest BCUT2D eigenvalue weighted by molar-refractivity contribution is -0.384. The Hall–Kier alpha value is -2.77. The number of hydrogen-bond acceptors (Lipinski definition) is 6. The van der Waals surface area contributed by atoms with Crippen LogP contribution in [0.4, 0.5) is 10.1 Å². The van der Waals surface area contributed by atoms with Gasteiger partial charge in [-0.2, -0.15) is 9.37 Å². The van der Waals surface area contributed by atoms with E-state index in [1.54, 1.807) is 6.92 Å². The summed E-state index contributed by atoms with van der Waals surface area (Å²) in [4.78, 5) is 17.7. The van der Waals surface area contributed by atoms with Gasteiger partial charge in [-0.05, 0) is 12.5 Å². The number of nitro groups is 1. The molecule has 1 aromatic carbocycles. The summed E-state index contributed by atoms with van der Waals surface area (Å²) in [5.74, 6) is -0.683. The third-order valence-electron chi connectivity index (χ3n) is 2.73. The van der Waals surface area contributed by atoms with Crippen LogP contribution < -0.4 is 9.47 Å². The number of aryl methyl sites for hydroxylation is 1. The fourth-order valence-electron chi connectivity index (χ4n) is 1.66. The van der Waals surface area contributed by atoms with Gasteiger partial charge in [-0.1, -0.05) is 6.92 Å². The molecule has 1 aromatic heterocycles. The first-order valence-corrected chi connectivity index (χ1v) is 6.06. The quantitative estimate of drug-likeness (QED) is 0.622. The van der Waals surface area contributed by atoms with Crippen LogP contribution >= 0.6 is 0 Å². The van der Waals surface area contributed by atoms with Crippen LogP contribution in [0.3, 0.4) is 0 Å². The normalized spacial score (nSPS) is 10.2. The Kier molecular flexibility index (Phi) is 4.27. The SMILES string of the molecule is CCc1ncnc(Oc2ccc([N+](=O)[O-])cc2OC)c1F. The highest BCUT2D eigenvalue weighted by molar-refractivity contribution is 5.49. The van der Waals surface area contributed by atoms with Gasteiger partial charge < -0.3 is 9.47 Å². The summed E-state index contributed by atoms with van der Waals surface area (Å²) in [6.07, 6.45) is 1.58. The van der Waals surface area contributed by atoms with Crippen LogP contribution in [0.2, 0.25) is 0 Å². The topological polar surface area (TPSA) is 87.4 Å². The predicted octanol–water partition coefficient (Wildman–Crippen LogP) is 2.89. The number of methoxy groups -OCH3 is 1. The largest absolute Gasteiger partial charge is 0.493 e. The first-order chi connectivity index (χ1) is 10.1. The molecule has 0 bridgehead atoms. The number of nitrogens with zero attached hydrogens (tertiary/aromatic N) is 3. The molecule has 110 valence electrons. The zero-order valence-electron chi connectivity index (χ0n) is 11.4. The summed E-state index contributed by atoms with van der Waals surface area (Å²) in [6.45, 7) is 1.75. The predicted molar refractivity (Wildman–Crippen MR) is 71.1 cm³/mol. The summed E-state index contributed by atoms with van der Waals surface area (Å²) in [5, 5.41) is 10.7. The van der Waals surface area contributed by atoms with Gasteiger partial charge in [0.15, 0.2) is 11.5 Å². The maximum atomic E-state index is 14.0. The van der Waals surface area contributed by atoms with Gasteiger partial charge in [-0.25, -0.2) is 4.98 Å². The molecule has 0 unspecified atom stereocenters. The number of aromatic nitrogens is 2. The average Bonchev–Trinajstić information content (AvgIpc) is 2.49. The number of ether oxygens (including phenoxy) is 2. The average molecular weight is 293 g/mol. The van der Waals surface area contributed by atoms with Crippen molar-refractivity contribution in [1.82, 2.24) is 9.97 Å². The summed E-state index contributed by atoms with van der Waals surface area (Å²) in [7, 11) is 1.33. The van der Waals surface area contributed by atoms with Crippen LogP contribution in [0.25, 0.3) is 0 Å². The molecule has 0 aliphatic rings. The van der Waals surface area contributed by atoms with Crippen LogP contribution in [-0.4, -0.2) is 22.0 Å². The number of benzene rings is 1. The molecule has 0 radical (unpaired) electrons. The summed E-state index contributed by atoms with van der Waals surface area (Å²) < 4.78 is 24.3. The minimum absolute atomic E-state index is 0.111. The van der Waals surface area contributed by atoms with Gasteiger partial charge in [0.2, 0.25) is 5.82 Å². The maximum Gasteiger partial charge on any atom is 0.273 e. The minimum Gasteiger partial charge on any atom is -0.493 e. The Morgan fingerprint density at radius 1 is 1.33 bits per heavy atom. The van der Waals surface area contributed by atoms with Crippen LogP contribution in [0.1, 0.15) is 12.6 Å². The molecule has 0 N–H and O–H groups in total. The van der Waals surface area contributed by atoms with Gasteiger partial charge in [0.25, 0.3) is 11.6 Å². The van der Waals surface area contributed by atoms with Crippen molar-refractivity contribution < 1.29 is 18.8 Å². The van der Waals surface area contributed by atoms with E-state index in [9.17, 15) is 14.5 Å². The maximum absolute atomic E-state index is 14.0. The van der Waals surface area contributed by atoms with E-state index in [4.69, 9.17) is 9.47 Å². The minimum atomic E-state index is -0.666. The number of rotatable bonds is 5. The number of halogens is 1. The molecular formula is C13H12FN3O4. The second-order valence-corrected chi connectivity index (χ2v) is 3.99. The van der Waals surface area contributed by atoms with Crippen LogP contribution in [-0.2, 0) is 6.42 Å². The van der Waals surface area contributed by atoms with Crippen LogP contribution in [0.15, 0.2) is 24.5 Å². The molecular weight excluding hydrogens is 281 g/mol. The lowest BCUT2D eigenvalue weighted by Gasteiger charge is -2.10. The van der Waals surface area contributed by atoms with Crippen molar-refractivity contribution in [3.63, 3.8) is 0 Å². The molecule has 2 rings (SSSR count). The Balaban J connectivity index is 2.38. The lowest BCUT2D eigenvalue weighted by atomic mass is 10.3. The van der Waals surface area contributed by atoms with Crippen LogP contribution in [0.5, 0.6) is 17.4 Å². The van der Waals surface area contributed by atoms with Crippen molar-refractivity contribution in [1.29, 1.82) is 0 Å². The van der Waals surface area contributed by atoms with Crippen LogP contribution in [0, 0.1) is 15.9 Å². The molecule has 2 aromatic rings. The van der Waals surface area contributed by atoms with Gasteiger partial charge in [0.05, 0.1) is 23.8 Å². The van der Waals surface area contributed by atoms with Crippen molar-refractivity contribution in [3.05, 3.63) is 46.2 Å². The second-order valence-electron chi connectivity index (χ2n) is 3.99. The zero-order chi connectivity index (χ0) is 15.4. The molecule has 8 heteroatoms. The Bertz CT molecular complexity index is 678. The molecule has 0 saturated heterocycles. The van der Waals surface area contributed by atoms with E-state index >= 15 is 0 Å². The number of hydrogen-bond donors (Lipinski definition) is 0. The zero-order valence-corrected chi connectivity index (χ0v) is 11.4.